The zero-order chi connectivity index (χ0) is 35.4. The van der Waals surface area contributed by atoms with Gasteiger partial charge in [-0.3, -0.25) is 9.59 Å². The number of carbonyl (C=O) groups excluding carboxylic acids is 2. The number of nitrogens with zero attached hydrogens (tertiary/aromatic N) is 2. The molecule has 0 saturated heterocycles. The van der Waals surface area contributed by atoms with Crippen molar-refractivity contribution in [3.05, 3.63) is 89.5 Å². The Labute approximate surface area is 299 Å². The van der Waals surface area contributed by atoms with Crippen molar-refractivity contribution >= 4 is 46.1 Å². The Balaban J connectivity index is 1.23. The van der Waals surface area contributed by atoms with Crippen molar-refractivity contribution in [3.8, 4) is 11.3 Å². The van der Waals surface area contributed by atoms with Crippen LogP contribution >= 0.6 is 0 Å². The van der Waals surface area contributed by atoms with Crippen molar-refractivity contribution in [3.63, 3.8) is 0 Å². The largest absolute Gasteiger partial charge is 0.478 e. The fourth-order valence-corrected chi connectivity index (χ4v) is 8.61. The van der Waals surface area contributed by atoms with Gasteiger partial charge < -0.3 is 30.3 Å². The van der Waals surface area contributed by atoms with E-state index in [0.717, 1.165) is 68.9 Å². The molecule has 2 saturated carbocycles. The summed E-state index contributed by atoms with van der Waals surface area (Å²) in [6.07, 6.45) is 13.3. The maximum absolute atomic E-state index is 14.2. The van der Waals surface area contributed by atoms with E-state index in [1.165, 1.54) is 47.5 Å². The first-order chi connectivity index (χ1) is 24.9. The van der Waals surface area contributed by atoms with Crippen LogP contribution in [0.5, 0.6) is 0 Å². The molecule has 0 bridgehead atoms. The highest BCUT2D eigenvalue weighted by Gasteiger charge is 2.43. The molecule has 1 aliphatic heterocycles. The van der Waals surface area contributed by atoms with Gasteiger partial charge in [0.2, 0.25) is 5.91 Å². The lowest BCUT2D eigenvalue weighted by Crippen LogP contribution is -2.55. The summed E-state index contributed by atoms with van der Waals surface area (Å²) < 4.78 is 2.45. The second kappa shape index (κ2) is 15.2. The molecule has 0 spiro atoms. The third-order valence-corrected chi connectivity index (χ3v) is 11.1. The van der Waals surface area contributed by atoms with Crippen LogP contribution in [0.4, 0.5) is 11.4 Å². The Hall–Kier alpha value is -4.89. The number of β-amino-alcohol motifs (C(OH)–C–C–N with tert-alkyl or cyclic N) is 1. The number of rotatable bonds is 9. The van der Waals surface area contributed by atoms with Gasteiger partial charge in [-0.05, 0) is 92.0 Å². The highest BCUT2D eigenvalue weighted by atomic mass is 16.4. The van der Waals surface area contributed by atoms with Gasteiger partial charge >= 0.3 is 5.97 Å². The highest BCUT2D eigenvalue weighted by Crippen LogP contribution is 2.47. The number of aromatic nitrogens is 1. The fraction of sp³-hybridized carbons (Fsp3) is 0.405. The molecule has 2 fully saturated rings. The number of hydrogen-bond donors (Lipinski definition) is 4. The van der Waals surface area contributed by atoms with E-state index in [2.05, 4.69) is 50.4 Å². The van der Waals surface area contributed by atoms with E-state index >= 15 is 0 Å². The third-order valence-electron chi connectivity index (χ3n) is 11.1. The summed E-state index contributed by atoms with van der Waals surface area (Å²) in [5.41, 5.74) is 6.83. The SMILES string of the molecule is O=C(O)C=Cc1ccc(NC(=O)C2(NC(=O)c3ccc4c(C5CCCCC5)c5n(c4c3)CCCCN(CCO)c3ccccc3-5)CCCC2)cc1. The number of para-hydroxylation sites is 1. The lowest BCUT2D eigenvalue weighted by Gasteiger charge is -2.29. The minimum absolute atomic E-state index is 0.100. The number of aryl methyl sites for hydroxylation is 1. The van der Waals surface area contributed by atoms with E-state index in [9.17, 15) is 19.5 Å². The first-order valence-electron chi connectivity index (χ1n) is 18.6. The topological polar surface area (TPSA) is 124 Å². The van der Waals surface area contributed by atoms with Crippen molar-refractivity contribution in [2.75, 3.05) is 29.9 Å². The van der Waals surface area contributed by atoms with Gasteiger partial charge in [-0.2, -0.15) is 0 Å². The lowest BCUT2D eigenvalue weighted by atomic mass is 9.81. The molecule has 0 radical (unpaired) electrons. The van der Waals surface area contributed by atoms with E-state index in [1.807, 2.05) is 12.1 Å². The van der Waals surface area contributed by atoms with Gasteiger partial charge in [-0.1, -0.05) is 68.5 Å². The fourth-order valence-electron chi connectivity index (χ4n) is 8.61. The molecule has 4 N–H and O–H groups in total. The Morgan fingerprint density at radius 1 is 0.863 bits per heavy atom. The highest BCUT2D eigenvalue weighted by molar-refractivity contribution is 6.06. The van der Waals surface area contributed by atoms with Crippen LogP contribution in [0.1, 0.15) is 98.0 Å². The number of carbonyl (C=O) groups is 3. The molecule has 9 nitrogen and oxygen atoms in total. The molecule has 3 aliphatic rings. The summed E-state index contributed by atoms with van der Waals surface area (Å²) in [6, 6.07) is 21.7. The van der Waals surface area contributed by atoms with E-state index in [1.54, 1.807) is 24.3 Å². The van der Waals surface area contributed by atoms with Gasteiger partial charge in [-0.15, -0.1) is 0 Å². The quantitative estimate of drug-likeness (QED) is 0.134. The number of anilines is 2. The molecule has 2 aliphatic carbocycles. The molecule has 0 atom stereocenters. The molecule has 0 unspecified atom stereocenters. The van der Waals surface area contributed by atoms with Gasteiger partial charge in [0.15, 0.2) is 0 Å². The lowest BCUT2D eigenvalue weighted by molar-refractivity contribution is -0.131. The monoisotopic (exact) mass is 688 g/mol. The van der Waals surface area contributed by atoms with Crippen LogP contribution in [-0.4, -0.2) is 57.8 Å². The summed E-state index contributed by atoms with van der Waals surface area (Å²) in [7, 11) is 0. The maximum atomic E-state index is 14.2. The Kier molecular flexibility index (Phi) is 10.3. The number of fused-ring (bicyclic) bond motifs is 5. The van der Waals surface area contributed by atoms with Crippen LogP contribution in [-0.2, 0) is 16.1 Å². The number of carboxylic acid groups (broad SMARTS) is 1. The number of carboxylic acids is 1. The first-order valence-corrected chi connectivity index (χ1v) is 18.6. The molecule has 51 heavy (non-hydrogen) atoms. The van der Waals surface area contributed by atoms with E-state index in [4.69, 9.17) is 5.11 Å². The molecule has 1 aromatic heterocycles. The van der Waals surface area contributed by atoms with Crippen LogP contribution in [0.25, 0.3) is 28.2 Å². The Morgan fingerprint density at radius 3 is 2.35 bits per heavy atom. The summed E-state index contributed by atoms with van der Waals surface area (Å²) in [4.78, 5) is 41.2. The maximum Gasteiger partial charge on any atom is 0.328 e. The summed E-state index contributed by atoms with van der Waals surface area (Å²) in [6.45, 7) is 2.40. The van der Waals surface area contributed by atoms with Crippen molar-refractivity contribution in [2.24, 2.45) is 0 Å². The molecule has 3 aromatic carbocycles. The molecule has 2 heterocycles. The van der Waals surface area contributed by atoms with Crippen LogP contribution in [0.2, 0.25) is 0 Å². The number of nitrogens with one attached hydrogen (secondary N) is 2. The minimum atomic E-state index is -1.03. The number of aliphatic hydroxyl groups excluding tert-OH is 1. The minimum Gasteiger partial charge on any atom is -0.478 e. The standard InChI is InChI=1S/C42H48N4O5/c47-27-26-45-24-8-9-25-46-36-28-31(17-20-33(36)38(30-10-2-1-3-11-30)39(46)34-12-4-5-13-35(34)45)40(50)44-42(22-6-7-23-42)41(51)43-32-18-14-29(15-19-32)16-21-37(48)49/h4-5,12-21,28,30,47H,1-3,6-11,22-27H2,(H,43,51)(H,44,50)(H,48,49). The van der Waals surface area contributed by atoms with Gasteiger partial charge in [0.1, 0.15) is 5.54 Å². The molecule has 2 amide bonds. The Morgan fingerprint density at radius 2 is 1.61 bits per heavy atom. The molecular formula is C42H48N4O5. The van der Waals surface area contributed by atoms with Crippen molar-refractivity contribution in [1.29, 1.82) is 0 Å². The van der Waals surface area contributed by atoms with E-state index in [0.29, 0.717) is 42.1 Å². The van der Waals surface area contributed by atoms with E-state index in [-0.39, 0.29) is 18.4 Å². The Bertz CT molecular complexity index is 1930. The smallest absolute Gasteiger partial charge is 0.328 e. The number of benzene rings is 3. The summed E-state index contributed by atoms with van der Waals surface area (Å²) in [5.74, 6) is -1.08. The number of amides is 2. The summed E-state index contributed by atoms with van der Waals surface area (Å²) in [5, 5.41) is 26.3. The van der Waals surface area contributed by atoms with Crippen LogP contribution < -0.4 is 15.5 Å². The average Bonchev–Trinajstić information content (AvgIpc) is 3.77. The van der Waals surface area contributed by atoms with Gasteiger partial charge in [0.05, 0.1) is 12.3 Å². The zero-order valence-corrected chi connectivity index (χ0v) is 29.2. The average molecular weight is 689 g/mol. The molecule has 7 rings (SSSR count). The normalized spacial score (nSPS) is 17.7. The van der Waals surface area contributed by atoms with Crippen LogP contribution in [0.3, 0.4) is 0 Å². The third kappa shape index (κ3) is 7.17. The number of hydrogen-bond acceptors (Lipinski definition) is 5. The van der Waals surface area contributed by atoms with Gasteiger partial charge in [0.25, 0.3) is 5.91 Å². The second-order valence-corrected chi connectivity index (χ2v) is 14.4. The number of aliphatic hydroxyl groups is 1. The predicted molar refractivity (Wildman–Crippen MR) is 202 cm³/mol. The van der Waals surface area contributed by atoms with Crippen molar-refractivity contribution in [1.82, 2.24) is 9.88 Å². The van der Waals surface area contributed by atoms with Crippen LogP contribution in [0.15, 0.2) is 72.8 Å². The zero-order valence-electron chi connectivity index (χ0n) is 29.2. The predicted octanol–water partition coefficient (Wildman–Crippen LogP) is 7.73. The van der Waals surface area contributed by atoms with Gasteiger partial charge in [0, 0.05) is 59.1 Å². The van der Waals surface area contributed by atoms with Gasteiger partial charge in [-0.25, -0.2) is 4.79 Å². The first kappa shape index (κ1) is 34.6. The molecular weight excluding hydrogens is 640 g/mol. The van der Waals surface area contributed by atoms with Crippen LogP contribution in [0, 0.1) is 0 Å². The second-order valence-electron chi connectivity index (χ2n) is 14.4. The van der Waals surface area contributed by atoms with E-state index < -0.39 is 11.5 Å². The molecule has 9 heteroatoms. The van der Waals surface area contributed by atoms with Crippen molar-refractivity contribution in [2.45, 2.75) is 88.6 Å². The number of aliphatic carboxylic acids is 1. The van der Waals surface area contributed by atoms with Crippen molar-refractivity contribution < 1.29 is 24.6 Å². The molecule has 266 valence electrons. The summed E-state index contributed by atoms with van der Waals surface area (Å²) >= 11 is 0. The molecule has 4 aromatic rings.